The molecule has 0 unspecified atom stereocenters. The highest BCUT2D eigenvalue weighted by Gasteiger charge is 2.27. The molecule has 0 N–H and O–H groups in total. The van der Waals surface area contributed by atoms with Crippen molar-refractivity contribution < 1.29 is 0 Å². The predicted molar refractivity (Wildman–Crippen MR) is 128 cm³/mol. The molecular formula is C28H42. The minimum Gasteiger partial charge on any atom is -0.0614 e. The van der Waals surface area contributed by atoms with E-state index >= 15 is 0 Å². The standard InChI is InChI=1S/C28H42/c1-25(2,3)23(26(4,5)6)21-19-17-15-13-14-16-18-20-22-24(27(7,8)9)28(10,11)12/h17-22H,1-12H3/b19-17+,20-18+. The van der Waals surface area contributed by atoms with Gasteiger partial charge in [-0.05, 0) is 45.7 Å². The third-order valence-electron chi connectivity index (χ3n) is 4.32. The van der Waals surface area contributed by atoms with Crippen molar-refractivity contribution in [3.63, 3.8) is 0 Å². The van der Waals surface area contributed by atoms with Gasteiger partial charge >= 0.3 is 0 Å². The van der Waals surface area contributed by atoms with Gasteiger partial charge in [0.15, 0.2) is 0 Å². The zero-order valence-corrected chi connectivity index (χ0v) is 20.5. The van der Waals surface area contributed by atoms with Gasteiger partial charge in [-0.3, -0.25) is 0 Å². The van der Waals surface area contributed by atoms with Gasteiger partial charge in [0.2, 0.25) is 0 Å². The molecule has 0 nitrogen and oxygen atoms in total. The highest BCUT2D eigenvalue weighted by atomic mass is 14.3. The Balaban J connectivity index is 5.12. The third kappa shape index (κ3) is 10.4. The maximum Gasteiger partial charge on any atom is -0.0102 e. The fourth-order valence-electron chi connectivity index (χ4n) is 3.79. The molecule has 0 aromatic rings. The molecule has 0 heteroatoms. The maximum atomic E-state index is 2.99. The van der Waals surface area contributed by atoms with E-state index in [1.807, 2.05) is 24.3 Å². The van der Waals surface area contributed by atoms with E-state index in [1.54, 1.807) is 0 Å². The largest absolute Gasteiger partial charge is 0.0614 e. The Morgan fingerprint density at radius 3 is 0.929 bits per heavy atom. The predicted octanol–water partition coefficient (Wildman–Crippen LogP) is 8.14. The van der Waals surface area contributed by atoms with Crippen molar-refractivity contribution in [3.05, 3.63) is 47.6 Å². The van der Waals surface area contributed by atoms with Crippen LogP contribution in [0.25, 0.3) is 0 Å². The van der Waals surface area contributed by atoms with Gasteiger partial charge in [-0.15, -0.1) is 0 Å². The van der Waals surface area contributed by atoms with Crippen molar-refractivity contribution in [1.82, 2.24) is 0 Å². The molecule has 0 saturated heterocycles. The van der Waals surface area contributed by atoms with Gasteiger partial charge in [-0.1, -0.05) is 130 Å². The van der Waals surface area contributed by atoms with Crippen LogP contribution in [0.1, 0.15) is 83.1 Å². The van der Waals surface area contributed by atoms with E-state index < -0.39 is 0 Å². The molecule has 0 amide bonds. The SMILES string of the molecule is CC(C)(C)C(=C/C=C/C#CC#C/C=C/C=C(C(C)(C)C)C(C)(C)C)C(C)(C)C. The van der Waals surface area contributed by atoms with Crippen LogP contribution in [0, 0.1) is 45.3 Å². The lowest BCUT2D eigenvalue weighted by molar-refractivity contribution is 0.362. The van der Waals surface area contributed by atoms with E-state index in [2.05, 4.69) is 119 Å². The van der Waals surface area contributed by atoms with Crippen LogP contribution < -0.4 is 0 Å². The van der Waals surface area contributed by atoms with Crippen molar-refractivity contribution in [2.75, 3.05) is 0 Å². The van der Waals surface area contributed by atoms with Crippen molar-refractivity contribution in [2.24, 2.45) is 21.7 Å². The second kappa shape index (κ2) is 10.0. The minimum absolute atomic E-state index is 0.146. The first-order valence-electron chi connectivity index (χ1n) is 10.2. The highest BCUT2D eigenvalue weighted by molar-refractivity contribution is 5.36. The average molecular weight is 379 g/mol. The van der Waals surface area contributed by atoms with Crippen LogP contribution in [0.4, 0.5) is 0 Å². The Morgan fingerprint density at radius 2 is 0.714 bits per heavy atom. The van der Waals surface area contributed by atoms with E-state index in [0.29, 0.717) is 0 Å². The molecule has 0 aliphatic carbocycles. The molecule has 0 bridgehead atoms. The topological polar surface area (TPSA) is 0 Å². The van der Waals surface area contributed by atoms with Gasteiger partial charge < -0.3 is 0 Å². The van der Waals surface area contributed by atoms with Gasteiger partial charge in [-0.25, -0.2) is 0 Å². The minimum atomic E-state index is 0.146. The molecule has 0 atom stereocenters. The molecule has 0 radical (unpaired) electrons. The Hall–Kier alpha value is -1.92. The summed E-state index contributed by atoms with van der Waals surface area (Å²) in [6.07, 6.45) is 12.2. The van der Waals surface area contributed by atoms with Crippen LogP contribution >= 0.6 is 0 Å². The van der Waals surface area contributed by atoms with Gasteiger partial charge in [0.25, 0.3) is 0 Å². The normalized spacial score (nSPS) is 12.9. The fourth-order valence-corrected chi connectivity index (χ4v) is 3.79. The summed E-state index contributed by atoms with van der Waals surface area (Å²) in [5, 5.41) is 0. The van der Waals surface area contributed by atoms with E-state index in [-0.39, 0.29) is 21.7 Å². The molecule has 0 heterocycles. The lowest BCUT2D eigenvalue weighted by Gasteiger charge is -2.33. The lowest BCUT2D eigenvalue weighted by atomic mass is 9.72. The molecule has 0 spiro atoms. The zero-order valence-electron chi connectivity index (χ0n) is 20.5. The van der Waals surface area contributed by atoms with Crippen molar-refractivity contribution in [1.29, 1.82) is 0 Å². The number of hydrogen-bond acceptors (Lipinski definition) is 0. The van der Waals surface area contributed by atoms with Crippen LogP contribution in [-0.2, 0) is 0 Å². The van der Waals surface area contributed by atoms with Crippen LogP contribution in [0.2, 0.25) is 0 Å². The fraction of sp³-hybridized carbons (Fsp3) is 0.571. The van der Waals surface area contributed by atoms with E-state index in [1.165, 1.54) is 11.1 Å². The second-order valence-corrected chi connectivity index (χ2v) is 11.4. The zero-order chi connectivity index (χ0) is 22.2. The van der Waals surface area contributed by atoms with Gasteiger partial charge in [0.1, 0.15) is 0 Å². The first-order chi connectivity index (χ1) is 12.5. The quantitative estimate of drug-likeness (QED) is 0.336. The van der Waals surface area contributed by atoms with Crippen LogP contribution in [0.3, 0.4) is 0 Å². The highest BCUT2D eigenvalue weighted by Crippen LogP contribution is 2.39. The van der Waals surface area contributed by atoms with E-state index in [9.17, 15) is 0 Å². The summed E-state index contributed by atoms with van der Waals surface area (Å²) in [4.78, 5) is 0. The van der Waals surface area contributed by atoms with Crippen LogP contribution in [-0.4, -0.2) is 0 Å². The monoisotopic (exact) mass is 378 g/mol. The molecule has 0 fully saturated rings. The molecule has 0 rings (SSSR count). The smallest absolute Gasteiger partial charge is 0.0102 e. The molecule has 28 heavy (non-hydrogen) atoms. The Bertz CT molecular complexity index is 641. The van der Waals surface area contributed by atoms with Crippen LogP contribution in [0.15, 0.2) is 47.6 Å². The van der Waals surface area contributed by atoms with Gasteiger partial charge in [0, 0.05) is 0 Å². The van der Waals surface area contributed by atoms with Gasteiger partial charge in [0.05, 0.1) is 0 Å². The number of hydrogen-bond donors (Lipinski definition) is 0. The Morgan fingerprint density at radius 1 is 0.464 bits per heavy atom. The molecule has 0 aromatic heterocycles. The van der Waals surface area contributed by atoms with Crippen molar-refractivity contribution in [3.8, 4) is 23.7 Å². The molecule has 0 aromatic carbocycles. The molecule has 0 aliphatic heterocycles. The second-order valence-electron chi connectivity index (χ2n) is 11.4. The summed E-state index contributed by atoms with van der Waals surface area (Å²) in [6.45, 7) is 27.0. The Kier molecular flexibility index (Phi) is 9.34. The summed E-state index contributed by atoms with van der Waals surface area (Å²) in [6, 6.07) is 0. The van der Waals surface area contributed by atoms with E-state index in [4.69, 9.17) is 0 Å². The average Bonchev–Trinajstić information content (AvgIpc) is 2.42. The lowest BCUT2D eigenvalue weighted by Crippen LogP contribution is -2.22. The third-order valence-corrected chi connectivity index (χ3v) is 4.32. The number of allylic oxidation sites excluding steroid dienone is 8. The first-order valence-corrected chi connectivity index (χ1v) is 10.2. The molecular weight excluding hydrogens is 336 g/mol. The summed E-state index contributed by atoms with van der Waals surface area (Å²) in [7, 11) is 0. The van der Waals surface area contributed by atoms with Crippen molar-refractivity contribution >= 4 is 0 Å². The summed E-state index contributed by atoms with van der Waals surface area (Å²) in [5.74, 6) is 11.8. The van der Waals surface area contributed by atoms with E-state index in [0.717, 1.165) is 0 Å². The maximum absolute atomic E-state index is 2.99. The Labute approximate surface area is 176 Å². The van der Waals surface area contributed by atoms with Gasteiger partial charge in [-0.2, -0.15) is 0 Å². The molecule has 0 aliphatic rings. The summed E-state index contributed by atoms with van der Waals surface area (Å²) >= 11 is 0. The first kappa shape index (κ1) is 26.1. The number of rotatable bonds is 2. The summed E-state index contributed by atoms with van der Waals surface area (Å²) in [5.41, 5.74) is 3.40. The molecule has 0 saturated carbocycles. The van der Waals surface area contributed by atoms with Crippen molar-refractivity contribution in [2.45, 2.75) is 83.1 Å². The summed E-state index contributed by atoms with van der Waals surface area (Å²) < 4.78 is 0. The van der Waals surface area contributed by atoms with Crippen LogP contribution in [0.5, 0.6) is 0 Å². The molecule has 154 valence electrons.